The molecule has 19 atom stereocenters. The molecule has 11 N–H and O–H groups in total. The van der Waals surface area contributed by atoms with Gasteiger partial charge in [0.2, 0.25) is 0 Å². The lowest BCUT2D eigenvalue weighted by molar-refractivity contribution is -0.243. The molecule has 13 heterocycles. The van der Waals surface area contributed by atoms with E-state index in [1.807, 2.05) is 88.6 Å². The number of ether oxygens (including phenoxy) is 12. The number of aromatic nitrogens is 8. The molecule has 0 saturated carbocycles. The summed E-state index contributed by atoms with van der Waals surface area (Å²) in [6, 6.07) is 4.66. The molecule has 4 aromatic rings. The molecular weight excluding hydrogens is 1640 g/mol. The molecule has 0 aromatic carbocycles. The average molecular weight is 1740 g/mol. The topological polar surface area (TPSA) is 523 Å². The molecule has 13 rings (SSSR count). The van der Waals surface area contributed by atoms with E-state index in [1.165, 1.54) is 76.6 Å². The van der Waals surface area contributed by atoms with Gasteiger partial charge in [0, 0.05) is 116 Å². The number of aliphatic hydroxyl groups excluding tert-OH is 6. The summed E-state index contributed by atoms with van der Waals surface area (Å²) in [4.78, 5) is 135. The molecule has 9 aliphatic heterocycles. The minimum absolute atomic E-state index is 0.0106. The first-order valence-corrected chi connectivity index (χ1v) is 44.8. The van der Waals surface area contributed by atoms with Gasteiger partial charge in [-0.2, -0.15) is 0 Å². The second-order valence-electron chi connectivity index (χ2n) is 29.1. The molecule has 0 amide bonds. The van der Waals surface area contributed by atoms with Crippen molar-refractivity contribution in [3.05, 3.63) is 132 Å². The van der Waals surface area contributed by atoms with Gasteiger partial charge in [0.15, 0.2) is 66.4 Å². The Balaban J connectivity index is 0.000000181. The Labute approximate surface area is 683 Å². The van der Waals surface area contributed by atoms with E-state index in [4.69, 9.17) is 67.1 Å². The van der Waals surface area contributed by atoms with Gasteiger partial charge in [-0.05, 0) is 99.3 Å². The molecule has 115 heavy (non-hydrogen) atoms. The van der Waals surface area contributed by atoms with Crippen LogP contribution in [0.15, 0.2) is 87.4 Å². The Morgan fingerprint density at radius 1 is 0.461 bits per heavy atom. The van der Waals surface area contributed by atoms with Crippen LogP contribution in [0, 0.1) is 0 Å². The number of carbonyl (C=O) groups excluding carboxylic acids is 2. The van der Waals surface area contributed by atoms with E-state index in [9.17, 15) is 78.3 Å². The number of carboxylic acids is 1. The van der Waals surface area contributed by atoms with Crippen molar-refractivity contribution >= 4 is 82.3 Å². The van der Waals surface area contributed by atoms with E-state index in [0.717, 1.165) is 95.5 Å². The number of rotatable bonds is 29. The molecule has 9 aliphatic rings. The summed E-state index contributed by atoms with van der Waals surface area (Å²) in [5, 5.41) is 68.2. The number of unbranched alkanes of at least 4 members (excludes halogenated alkanes) is 3. The molecule has 0 bridgehead atoms. The van der Waals surface area contributed by atoms with Crippen LogP contribution in [-0.2, 0) is 71.2 Å². The SMILES string of the molecule is CC1(C)O[C@@H]2[C@H](O1)C(OCC(=O)CCCCC1CCSS1)O[C@H]2n1ccc(=O)[nH]c1=O.CC1(C)O[C@@H]2[C@H](O1)[C@@H](CO)O[C@H]2n1ccc(=O)[nH]c1=O.COC(C)(C)OC.O=C(CCCCC1CCSS1)COC1O[C@@H](n2ccc(=O)[nH]c2=O)[C@H](O)[C@@H]1O.O=C(O)CCCCC1CCSS1.O=c1ccn([C@@H]2O[C@H](CO)[C@@H](O)[C@H]2O)c(=O)[nH]1. The summed E-state index contributed by atoms with van der Waals surface area (Å²) in [6.45, 7) is 9.71. The summed E-state index contributed by atoms with van der Waals surface area (Å²) >= 11 is 0. The number of hydrogen-bond acceptors (Lipinski definition) is 35. The second kappa shape index (κ2) is 45.5. The first kappa shape index (κ1) is 95.4. The van der Waals surface area contributed by atoms with Gasteiger partial charge in [0.05, 0.1) is 13.2 Å². The van der Waals surface area contributed by atoms with Gasteiger partial charge >= 0.3 is 28.7 Å². The zero-order chi connectivity index (χ0) is 83.9. The van der Waals surface area contributed by atoms with Crippen molar-refractivity contribution in [1.29, 1.82) is 0 Å². The maximum absolute atomic E-state index is 12.3. The first-order valence-electron chi connectivity index (χ1n) is 37.6. The number of aliphatic hydroxyl groups is 6. The number of aliphatic carboxylic acids is 1. The average Bonchev–Trinajstić information content (AvgIpc) is 1.60. The molecule has 44 heteroatoms. The second-order valence-corrected chi connectivity index (χ2v) is 37.4. The molecule has 646 valence electrons. The minimum atomic E-state index is -1.44. The quantitative estimate of drug-likeness (QED) is 0.0211. The lowest BCUT2D eigenvalue weighted by atomic mass is 10.1. The number of hydrogen-bond donors (Lipinski definition) is 11. The van der Waals surface area contributed by atoms with Crippen molar-refractivity contribution in [2.24, 2.45) is 0 Å². The smallest absolute Gasteiger partial charge is 0.330 e. The van der Waals surface area contributed by atoms with Gasteiger partial charge in [-0.15, -0.1) is 0 Å². The van der Waals surface area contributed by atoms with E-state index in [2.05, 4.69) is 9.97 Å². The number of nitrogens with one attached hydrogen (secondary N) is 4. The molecule has 0 spiro atoms. The lowest BCUT2D eigenvalue weighted by Gasteiger charge is -2.24. The summed E-state index contributed by atoms with van der Waals surface area (Å²) in [5.74, 6) is 0.823. The van der Waals surface area contributed by atoms with Crippen LogP contribution >= 0.6 is 64.8 Å². The number of nitrogens with zero attached hydrogens (tertiary/aromatic N) is 4. The van der Waals surface area contributed by atoms with Crippen LogP contribution in [0.1, 0.15) is 163 Å². The monoisotopic (exact) mass is 1740 g/mol. The zero-order valence-electron chi connectivity index (χ0n) is 64.9. The third-order valence-electron chi connectivity index (χ3n) is 19.1. The van der Waals surface area contributed by atoms with E-state index in [-0.39, 0.29) is 31.4 Å². The highest BCUT2D eigenvalue weighted by molar-refractivity contribution is 8.78. The molecule has 4 aromatic heterocycles. The van der Waals surface area contributed by atoms with Gasteiger partial charge in [0.1, 0.15) is 74.3 Å². The maximum atomic E-state index is 12.3. The third kappa shape index (κ3) is 28.5. The minimum Gasteiger partial charge on any atom is -0.481 e. The van der Waals surface area contributed by atoms with E-state index in [0.29, 0.717) is 24.5 Å². The standard InChI is InChI=1S/C20H28N2O7S2.C17H24N2O7S2.C12H16N2O6.C9H12N2O6.C8H14O2S2.C5H12O2/c1-20(2)28-15-16(29-20)18(27-17(15)22-9-7-14(24)21-19(22)25)26-11-12(23)5-3-4-6-13-8-10-30-31-13;20-10(3-1-2-4-11-6-8-27-28-11)9-25-16-14(23)13(22)15(26-16)19-7-5-12(21)18-17(19)24;1-12(2)19-8-6(5-15)18-10(9(8)20-12)14-4-3-7(16)13-11(14)17;12-3-4-6(14)7(15)8(17-4)11-2-1-5(13)10-9(11)16;9-8(10)4-2-1-3-7-5-6-11-12-7;1-5(2,6-3)7-4/h7,9,13,15-18H,3-6,8,10-11H2,1-2H3,(H,21,24,25);5,7,11,13-16,22-23H,1-4,6,8-9H2,(H,18,21,24);3-4,6,8-10,15H,5H2,1-2H3,(H,13,16,17);1-2,4,6-8,12,14-15H,3H2,(H,10,13,16);7H,1-6H2,(H,9,10);1-4H3/t13?,15-,16+,17-,18?;11?,13-,14+,15-,16?;6-,8-,9-,10-;4-,6-,7-,8-;;/m1111../s1. The van der Waals surface area contributed by atoms with Crippen molar-refractivity contribution in [2.45, 2.75) is 269 Å². The maximum Gasteiger partial charge on any atom is 0.330 e. The highest BCUT2D eigenvalue weighted by Crippen LogP contribution is 2.46. The number of Topliss-reactive ketones (excluding diaryl/α,β-unsaturated/α-hetero) is 2. The Bertz CT molecular complexity index is 4230. The molecule has 0 radical (unpaired) electrons. The van der Waals surface area contributed by atoms with Crippen molar-refractivity contribution in [3.8, 4) is 0 Å². The van der Waals surface area contributed by atoms with E-state index < -0.39 is 173 Å². The van der Waals surface area contributed by atoms with Crippen LogP contribution in [0.25, 0.3) is 0 Å². The van der Waals surface area contributed by atoms with Crippen LogP contribution in [0.4, 0.5) is 0 Å². The van der Waals surface area contributed by atoms with Crippen LogP contribution in [-0.4, -0.2) is 256 Å². The Hall–Kier alpha value is -5.09. The number of aromatic amines is 4. The number of ketones is 2. The van der Waals surface area contributed by atoms with Gasteiger partial charge in [0.25, 0.3) is 22.2 Å². The fourth-order valence-electron chi connectivity index (χ4n) is 12.9. The van der Waals surface area contributed by atoms with Crippen molar-refractivity contribution in [3.63, 3.8) is 0 Å². The number of H-pyrrole nitrogens is 4. The Morgan fingerprint density at radius 3 is 1.17 bits per heavy atom. The predicted molar refractivity (Wildman–Crippen MR) is 425 cm³/mol. The van der Waals surface area contributed by atoms with Gasteiger partial charge in [-0.1, -0.05) is 84.0 Å². The first-order chi connectivity index (χ1) is 54.6. The summed E-state index contributed by atoms with van der Waals surface area (Å²) in [7, 11) is 14.9. The van der Waals surface area contributed by atoms with Crippen LogP contribution in [0.5, 0.6) is 0 Å². The van der Waals surface area contributed by atoms with Crippen molar-refractivity contribution in [2.75, 3.05) is 57.9 Å². The largest absolute Gasteiger partial charge is 0.481 e. The fraction of sp³-hybridized carbons (Fsp3) is 0.732. The summed E-state index contributed by atoms with van der Waals surface area (Å²) < 4.78 is 70.5. The van der Waals surface area contributed by atoms with Crippen LogP contribution in [0.2, 0.25) is 0 Å². The van der Waals surface area contributed by atoms with E-state index in [1.54, 1.807) is 41.9 Å². The zero-order valence-corrected chi connectivity index (χ0v) is 69.8. The predicted octanol–water partition coefficient (Wildman–Crippen LogP) is 2.52. The highest BCUT2D eigenvalue weighted by atomic mass is 33.1. The van der Waals surface area contributed by atoms with Crippen molar-refractivity contribution in [1.82, 2.24) is 38.2 Å². The van der Waals surface area contributed by atoms with Gasteiger partial charge < -0.3 is 92.6 Å². The molecular formula is C71H106N8O30S6. The summed E-state index contributed by atoms with van der Waals surface area (Å²) in [6.07, 6.45) is 3.78. The third-order valence-corrected chi connectivity index (χ3v) is 28.1. The number of carbonyl (C=O) groups is 3. The molecule has 38 nitrogen and oxygen atoms in total. The summed E-state index contributed by atoms with van der Waals surface area (Å²) in [5.41, 5.74) is -4.87. The number of fused-ring (bicyclic) bond motifs is 2. The van der Waals surface area contributed by atoms with Gasteiger partial charge in [-0.25, -0.2) is 19.2 Å². The molecule has 9 saturated heterocycles. The van der Waals surface area contributed by atoms with Crippen molar-refractivity contribution < 1.29 is 107 Å². The Kier molecular flexibility index (Phi) is 37.8. The molecule has 0 aliphatic carbocycles. The van der Waals surface area contributed by atoms with Gasteiger partial charge in [-0.3, -0.25) is 71.8 Å². The normalized spacial score (nSPS) is 29.9. The van der Waals surface area contributed by atoms with E-state index >= 15 is 0 Å². The Morgan fingerprint density at radius 2 is 0.800 bits per heavy atom. The fourth-order valence-corrected chi connectivity index (χ4v) is 21.9. The molecule has 5 unspecified atom stereocenters. The molecule has 9 fully saturated rings. The van der Waals surface area contributed by atoms with Crippen LogP contribution in [0.3, 0.4) is 0 Å². The highest BCUT2D eigenvalue weighted by Gasteiger charge is 2.58. The number of carboxylic acid groups (broad SMARTS) is 1. The lowest BCUT2D eigenvalue weighted by Crippen LogP contribution is -2.37. The van der Waals surface area contributed by atoms with Crippen LogP contribution < -0.4 is 45.0 Å². The number of methoxy groups -OCH3 is 2.